The van der Waals surface area contributed by atoms with Crippen LogP contribution in [0.15, 0.2) is 24.3 Å². The van der Waals surface area contributed by atoms with Crippen molar-refractivity contribution in [1.29, 1.82) is 0 Å². The minimum Gasteiger partial charge on any atom is -0.324 e. The second-order valence-electron chi connectivity index (χ2n) is 5.60. The molecule has 0 bridgehead atoms. The number of non-ortho nitro benzene ring substituents is 1. The first-order valence-electron chi connectivity index (χ1n) is 7.52. The Morgan fingerprint density at radius 2 is 1.50 bits per heavy atom. The van der Waals surface area contributed by atoms with Gasteiger partial charge in [0.2, 0.25) is 5.91 Å². The Bertz CT molecular complexity index is 1020. The molecule has 0 radical (unpaired) electrons. The number of rotatable bonds is 5. The molecule has 0 atom stereocenters. The summed E-state index contributed by atoms with van der Waals surface area (Å²) in [5.74, 6) is -4.01. The fourth-order valence-corrected chi connectivity index (χ4v) is 2.33. The van der Waals surface area contributed by atoms with Crippen molar-refractivity contribution in [1.82, 2.24) is 0 Å². The monoisotopic (exact) mass is 394 g/mol. The molecule has 0 aromatic heterocycles. The van der Waals surface area contributed by atoms with Gasteiger partial charge in [0.25, 0.3) is 17.3 Å². The number of nitrogens with zero attached hydrogens (tertiary/aromatic N) is 2. The summed E-state index contributed by atoms with van der Waals surface area (Å²) in [7, 11) is 0. The highest BCUT2D eigenvalue weighted by atomic mass is 19.1. The van der Waals surface area contributed by atoms with Crippen LogP contribution in [0, 0.1) is 38.8 Å². The number of halogens is 2. The Kier molecular flexibility index (Phi) is 5.62. The van der Waals surface area contributed by atoms with Gasteiger partial charge in [0.1, 0.15) is 11.6 Å². The molecule has 2 aromatic rings. The smallest absolute Gasteiger partial charge is 0.279 e. The predicted molar refractivity (Wildman–Crippen MR) is 93.1 cm³/mol. The summed E-state index contributed by atoms with van der Waals surface area (Å²) in [4.78, 5) is 43.7. The molecular formula is C16H12F2N4O6. The van der Waals surface area contributed by atoms with Crippen molar-refractivity contribution in [3.63, 3.8) is 0 Å². The standard InChI is InChI=1S/C16H12F2N4O6/c1-7-10(3-9(21(25)26)4-15(7)22(27)28)16(24)20-14-6-13(19-8(2)23)11(17)5-12(14)18/h3-6H,1-2H3,(H,19,23)(H,20,24). The van der Waals surface area contributed by atoms with Crippen molar-refractivity contribution >= 4 is 34.6 Å². The summed E-state index contributed by atoms with van der Waals surface area (Å²) in [5.41, 5.74) is -2.95. The summed E-state index contributed by atoms with van der Waals surface area (Å²) in [5, 5.41) is 26.2. The molecule has 2 amide bonds. The van der Waals surface area contributed by atoms with E-state index in [0.717, 1.165) is 19.1 Å². The van der Waals surface area contributed by atoms with Gasteiger partial charge in [-0.1, -0.05) is 0 Å². The Balaban J connectivity index is 2.49. The van der Waals surface area contributed by atoms with Gasteiger partial charge in [-0.25, -0.2) is 8.78 Å². The number of carbonyl (C=O) groups excluding carboxylic acids is 2. The van der Waals surface area contributed by atoms with Crippen molar-refractivity contribution < 1.29 is 28.2 Å². The molecule has 28 heavy (non-hydrogen) atoms. The largest absolute Gasteiger partial charge is 0.324 e. The summed E-state index contributed by atoms with van der Waals surface area (Å²) in [6.45, 7) is 2.28. The van der Waals surface area contributed by atoms with Crippen LogP contribution in [0.5, 0.6) is 0 Å². The Morgan fingerprint density at radius 1 is 0.929 bits per heavy atom. The van der Waals surface area contributed by atoms with Crippen LogP contribution in [-0.4, -0.2) is 21.7 Å². The van der Waals surface area contributed by atoms with Crippen molar-refractivity contribution in [2.75, 3.05) is 10.6 Å². The molecule has 10 nitrogen and oxygen atoms in total. The summed E-state index contributed by atoms with van der Waals surface area (Å²) >= 11 is 0. The average molecular weight is 394 g/mol. The molecule has 0 spiro atoms. The Labute approximate surface area is 155 Å². The molecule has 0 aliphatic heterocycles. The van der Waals surface area contributed by atoms with Crippen LogP contribution in [0.1, 0.15) is 22.8 Å². The topological polar surface area (TPSA) is 144 Å². The van der Waals surface area contributed by atoms with E-state index in [1.807, 2.05) is 0 Å². The van der Waals surface area contributed by atoms with Crippen LogP contribution >= 0.6 is 0 Å². The predicted octanol–water partition coefficient (Wildman–Crippen LogP) is 3.30. The van der Waals surface area contributed by atoms with Gasteiger partial charge < -0.3 is 10.6 Å². The van der Waals surface area contributed by atoms with Gasteiger partial charge in [-0.15, -0.1) is 0 Å². The molecular weight excluding hydrogens is 382 g/mol. The lowest BCUT2D eigenvalue weighted by Crippen LogP contribution is -2.16. The third kappa shape index (κ3) is 4.23. The van der Waals surface area contributed by atoms with Crippen LogP contribution < -0.4 is 10.6 Å². The maximum atomic E-state index is 14.0. The maximum absolute atomic E-state index is 14.0. The van der Waals surface area contributed by atoms with Gasteiger partial charge in [0.15, 0.2) is 0 Å². The van der Waals surface area contributed by atoms with Crippen LogP contribution in [0.25, 0.3) is 0 Å². The van der Waals surface area contributed by atoms with Crippen LogP contribution in [0.3, 0.4) is 0 Å². The molecule has 0 unspecified atom stereocenters. The normalized spacial score (nSPS) is 10.3. The molecule has 0 saturated carbocycles. The van der Waals surface area contributed by atoms with E-state index in [1.165, 1.54) is 6.92 Å². The fourth-order valence-electron chi connectivity index (χ4n) is 2.33. The van der Waals surface area contributed by atoms with Gasteiger partial charge >= 0.3 is 0 Å². The molecule has 0 aliphatic carbocycles. The maximum Gasteiger partial charge on any atom is 0.279 e. The molecule has 2 aromatic carbocycles. The molecule has 2 rings (SSSR count). The summed E-state index contributed by atoms with van der Waals surface area (Å²) < 4.78 is 27.7. The number of nitrogens with one attached hydrogen (secondary N) is 2. The molecule has 0 heterocycles. The SMILES string of the molecule is CC(=O)Nc1cc(NC(=O)c2cc([N+](=O)[O-])cc([N+](=O)[O-])c2C)c(F)cc1F. The van der Waals surface area contributed by atoms with Gasteiger partial charge in [-0.3, -0.25) is 29.8 Å². The van der Waals surface area contributed by atoms with Crippen molar-refractivity contribution in [2.24, 2.45) is 0 Å². The van der Waals surface area contributed by atoms with Crippen LogP contribution in [0.2, 0.25) is 0 Å². The second-order valence-corrected chi connectivity index (χ2v) is 5.60. The zero-order valence-corrected chi connectivity index (χ0v) is 14.4. The van der Waals surface area contributed by atoms with Gasteiger partial charge in [0, 0.05) is 24.6 Å². The molecule has 0 saturated heterocycles. The van der Waals surface area contributed by atoms with Gasteiger partial charge in [0.05, 0.1) is 32.9 Å². The summed E-state index contributed by atoms with van der Waals surface area (Å²) in [6, 6.07) is 2.72. The number of anilines is 2. The number of hydrogen-bond acceptors (Lipinski definition) is 6. The molecule has 0 aliphatic rings. The number of nitro benzene ring substituents is 2. The molecule has 146 valence electrons. The first-order chi connectivity index (χ1) is 13.0. The Hall–Kier alpha value is -3.96. The number of amides is 2. The third-order valence-corrected chi connectivity index (χ3v) is 3.63. The summed E-state index contributed by atoms with van der Waals surface area (Å²) in [6.07, 6.45) is 0. The van der Waals surface area contributed by atoms with Crippen LogP contribution in [-0.2, 0) is 4.79 Å². The molecule has 2 N–H and O–H groups in total. The second kappa shape index (κ2) is 7.73. The van der Waals surface area contributed by atoms with E-state index in [4.69, 9.17) is 0 Å². The lowest BCUT2D eigenvalue weighted by molar-refractivity contribution is -0.394. The highest BCUT2D eigenvalue weighted by molar-refractivity contribution is 6.06. The van der Waals surface area contributed by atoms with E-state index in [-0.39, 0.29) is 5.56 Å². The minimum atomic E-state index is -1.18. The Morgan fingerprint density at radius 3 is 2.00 bits per heavy atom. The molecule has 0 fully saturated rings. The number of benzene rings is 2. The highest BCUT2D eigenvalue weighted by Gasteiger charge is 2.25. The van der Waals surface area contributed by atoms with E-state index in [0.29, 0.717) is 12.1 Å². The van der Waals surface area contributed by atoms with E-state index in [2.05, 4.69) is 10.6 Å². The first-order valence-corrected chi connectivity index (χ1v) is 7.52. The average Bonchev–Trinajstić information content (AvgIpc) is 2.58. The van der Waals surface area contributed by atoms with E-state index >= 15 is 0 Å². The quantitative estimate of drug-likeness (QED) is 0.588. The molecule has 12 heteroatoms. The lowest BCUT2D eigenvalue weighted by atomic mass is 10.0. The third-order valence-electron chi connectivity index (χ3n) is 3.63. The van der Waals surface area contributed by atoms with E-state index in [1.54, 1.807) is 0 Å². The van der Waals surface area contributed by atoms with Crippen LogP contribution in [0.4, 0.5) is 31.5 Å². The van der Waals surface area contributed by atoms with Gasteiger partial charge in [-0.2, -0.15) is 0 Å². The number of nitro groups is 2. The zero-order valence-electron chi connectivity index (χ0n) is 14.4. The number of hydrogen-bond donors (Lipinski definition) is 2. The first kappa shape index (κ1) is 20.4. The lowest BCUT2D eigenvalue weighted by Gasteiger charge is -2.11. The van der Waals surface area contributed by atoms with Crippen molar-refractivity contribution in [2.45, 2.75) is 13.8 Å². The van der Waals surface area contributed by atoms with Gasteiger partial charge in [-0.05, 0) is 13.0 Å². The van der Waals surface area contributed by atoms with Crippen molar-refractivity contribution in [3.8, 4) is 0 Å². The van der Waals surface area contributed by atoms with Crippen molar-refractivity contribution in [3.05, 3.63) is 67.3 Å². The fraction of sp³-hybridized carbons (Fsp3) is 0.125. The minimum absolute atomic E-state index is 0.183. The zero-order chi connectivity index (χ0) is 21.2. The highest BCUT2D eigenvalue weighted by Crippen LogP contribution is 2.29. The van der Waals surface area contributed by atoms with E-state index in [9.17, 15) is 38.6 Å². The number of carbonyl (C=O) groups is 2. The van der Waals surface area contributed by atoms with E-state index < -0.39 is 61.6 Å².